The third-order valence-electron chi connectivity index (χ3n) is 7.00. The number of pyridine rings is 1. The maximum absolute atomic E-state index is 14.7. The van der Waals surface area contributed by atoms with Crippen molar-refractivity contribution in [3.05, 3.63) is 47.4 Å². The van der Waals surface area contributed by atoms with Crippen LogP contribution in [-0.4, -0.2) is 49.6 Å². The fourth-order valence-corrected chi connectivity index (χ4v) is 6.47. The van der Waals surface area contributed by atoms with Gasteiger partial charge in [0.1, 0.15) is 9.84 Å². The summed E-state index contributed by atoms with van der Waals surface area (Å²) in [5, 5.41) is 0. The largest absolute Gasteiger partial charge is 0.472 e. The summed E-state index contributed by atoms with van der Waals surface area (Å²) < 4.78 is 68.3. The molecular formula is C25H27F3N2O5S. The van der Waals surface area contributed by atoms with Gasteiger partial charge in [0.15, 0.2) is 18.2 Å². The van der Waals surface area contributed by atoms with Gasteiger partial charge >= 0.3 is 0 Å². The molecule has 1 aromatic carbocycles. The van der Waals surface area contributed by atoms with E-state index in [2.05, 4.69) is 4.98 Å². The number of Topliss-reactive ketones (excluding diaryl/α,β-unsaturated/α-hetero) is 1. The van der Waals surface area contributed by atoms with E-state index in [4.69, 9.17) is 4.74 Å². The fraction of sp³-hybridized carbons (Fsp3) is 0.480. The molecule has 2 aliphatic heterocycles. The first-order valence-corrected chi connectivity index (χ1v) is 13.3. The first-order chi connectivity index (χ1) is 16.7. The molecule has 0 unspecified atom stereocenters. The lowest BCUT2D eigenvalue weighted by molar-refractivity contribution is -0.121. The van der Waals surface area contributed by atoms with Crippen LogP contribution >= 0.6 is 0 Å². The van der Waals surface area contributed by atoms with Crippen LogP contribution in [0.2, 0.25) is 0 Å². The number of rotatable bonds is 7. The standard InChI is InChI=1S/C25H27F3N2O5S/c1-24(2)16-10-15(20(31)12-25(3)6-8-36(33,34)9-7-25)4-5-18(16)30(23(24)32)19-11-22(29-13-17(19)26)35-14-21(27)28/h4-5,10-11,13,21H,6-9,12,14H2,1-3H3. The van der Waals surface area contributed by atoms with Crippen LogP contribution in [0.1, 0.15) is 56.0 Å². The number of halogens is 3. The Bertz CT molecular complexity index is 1310. The lowest BCUT2D eigenvalue weighted by Gasteiger charge is -2.32. The predicted octanol–water partition coefficient (Wildman–Crippen LogP) is 4.61. The summed E-state index contributed by atoms with van der Waals surface area (Å²) in [4.78, 5) is 31.3. The van der Waals surface area contributed by atoms with Gasteiger partial charge < -0.3 is 4.74 Å². The van der Waals surface area contributed by atoms with E-state index in [-0.39, 0.29) is 35.3 Å². The lowest BCUT2D eigenvalue weighted by atomic mass is 9.78. The van der Waals surface area contributed by atoms with Gasteiger partial charge in [-0.15, -0.1) is 0 Å². The highest BCUT2D eigenvalue weighted by atomic mass is 32.2. The van der Waals surface area contributed by atoms with Crippen molar-refractivity contribution in [2.45, 2.75) is 51.9 Å². The van der Waals surface area contributed by atoms with Crippen molar-refractivity contribution in [2.75, 3.05) is 23.0 Å². The van der Waals surface area contributed by atoms with Crippen molar-refractivity contribution in [1.82, 2.24) is 4.98 Å². The van der Waals surface area contributed by atoms with Gasteiger partial charge in [0.05, 0.1) is 34.5 Å². The topological polar surface area (TPSA) is 93.6 Å². The van der Waals surface area contributed by atoms with E-state index in [0.717, 1.165) is 17.2 Å². The van der Waals surface area contributed by atoms with E-state index in [1.54, 1.807) is 32.0 Å². The Morgan fingerprint density at radius 1 is 1.14 bits per heavy atom. The molecule has 1 amide bonds. The van der Waals surface area contributed by atoms with Crippen LogP contribution in [-0.2, 0) is 20.0 Å². The maximum atomic E-state index is 14.7. The number of hydrogen-bond acceptors (Lipinski definition) is 6. The fourth-order valence-electron chi connectivity index (χ4n) is 4.65. The molecule has 3 heterocycles. The Labute approximate surface area is 207 Å². The maximum Gasteiger partial charge on any atom is 0.272 e. The number of amides is 1. The second kappa shape index (κ2) is 9.17. The summed E-state index contributed by atoms with van der Waals surface area (Å²) in [6.45, 7) is 4.29. The van der Waals surface area contributed by atoms with Gasteiger partial charge in [0.25, 0.3) is 6.43 Å². The van der Waals surface area contributed by atoms with Gasteiger partial charge in [-0.3, -0.25) is 14.5 Å². The van der Waals surface area contributed by atoms with Crippen molar-refractivity contribution >= 4 is 32.9 Å². The zero-order valence-corrected chi connectivity index (χ0v) is 21.0. The van der Waals surface area contributed by atoms with E-state index >= 15 is 0 Å². The summed E-state index contributed by atoms with van der Waals surface area (Å²) in [7, 11) is -3.07. The SMILES string of the molecule is CC1(CC(=O)c2ccc3c(c2)C(C)(C)C(=O)N3c2cc(OCC(F)F)ncc2F)CCS(=O)(=O)CC1. The minimum atomic E-state index is -3.07. The second-order valence-electron chi connectivity index (χ2n) is 10.2. The molecule has 0 aliphatic carbocycles. The number of sulfone groups is 1. The third kappa shape index (κ3) is 4.98. The smallest absolute Gasteiger partial charge is 0.272 e. The number of anilines is 2. The second-order valence-corrected chi connectivity index (χ2v) is 12.5. The molecule has 2 aliphatic rings. The van der Waals surface area contributed by atoms with Crippen LogP contribution in [0, 0.1) is 11.2 Å². The first kappa shape index (κ1) is 26.1. The highest BCUT2D eigenvalue weighted by molar-refractivity contribution is 7.91. The van der Waals surface area contributed by atoms with E-state index in [1.165, 1.54) is 0 Å². The molecule has 0 bridgehead atoms. The van der Waals surface area contributed by atoms with E-state index in [1.807, 2.05) is 6.92 Å². The molecule has 36 heavy (non-hydrogen) atoms. The Hall–Kier alpha value is -2.95. The zero-order chi connectivity index (χ0) is 26.5. The zero-order valence-electron chi connectivity index (χ0n) is 20.2. The minimum absolute atomic E-state index is 0.0535. The number of ketones is 1. The van der Waals surface area contributed by atoms with Gasteiger partial charge in [-0.2, -0.15) is 0 Å². The number of hydrogen-bond donors (Lipinski definition) is 0. The molecule has 1 aromatic heterocycles. The van der Waals surface area contributed by atoms with Crippen molar-refractivity contribution in [3.63, 3.8) is 0 Å². The van der Waals surface area contributed by atoms with Crippen LogP contribution in [0.4, 0.5) is 24.5 Å². The van der Waals surface area contributed by atoms with Crippen LogP contribution in [0.3, 0.4) is 0 Å². The van der Waals surface area contributed by atoms with Crippen molar-refractivity contribution in [3.8, 4) is 5.88 Å². The van der Waals surface area contributed by atoms with Crippen molar-refractivity contribution in [1.29, 1.82) is 0 Å². The molecule has 1 fully saturated rings. The number of carbonyl (C=O) groups is 2. The van der Waals surface area contributed by atoms with Crippen molar-refractivity contribution in [2.24, 2.45) is 5.41 Å². The number of ether oxygens (including phenoxy) is 1. The Morgan fingerprint density at radius 3 is 2.44 bits per heavy atom. The number of fused-ring (bicyclic) bond motifs is 1. The summed E-state index contributed by atoms with van der Waals surface area (Å²) in [6, 6.07) is 5.82. The molecule has 0 radical (unpaired) electrons. The van der Waals surface area contributed by atoms with E-state index in [0.29, 0.717) is 29.7 Å². The summed E-state index contributed by atoms with van der Waals surface area (Å²) >= 11 is 0. The number of nitrogens with zero attached hydrogens (tertiary/aromatic N) is 2. The average molecular weight is 525 g/mol. The number of alkyl halides is 2. The van der Waals surface area contributed by atoms with Gasteiger partial charge in [0, 0.05) is 18.1 Å². The van der Waals surface area contributed by atoms with Crippen LogP contribution in [0.5, 0.6) is 5.88 Å². The van der Waals surface area contributed by atoms with Crippen LogP contribution in [0.15, 0.2) is 30.5 Å². The predicted molar refractivity (Wildman–Crippen MR) is 127 cm³/mol. The third-order valence-corrected chi connectivity index (χ3v) is 8.65. The molecule has 1 saturated heterocycles. The van der Waals surface area contributed by atoms with Crippen molar-refractivity contribution < 1.29 is 35.9 Å². The number of benzene rings is 1. The highest BCUT2D eigenvalue weighted by Gasteiger charge is 2.46. The molecule has 194 valence electrons. The molecule has 4 rings (SSSR count). The molecule has 0 spiro atoms. The molecular weight excluding hydrogens is 497 g/mol. The summed E-state index contributed by atoms with van der Waals surface area (Å²) in [5.74, 6) is -1.61. The van der Waals surface area contributed by atoms with Gasteiger partial charge in [-0.25, -0.2) is 26.6 Å². The van der Waals surface area contributed by atoms with Crippen LogP contribution < -0.4 is 9.64 Å². The molecule has 0 N–H and O–H groups in total. The minimum Gasteiger partial charge on any atom is -0.472 e. The Morgan fingerprint density at radius 2 is 1.81 bits per heavy atom. The van der Waals surface area contributed by atoms with Gasteiger partial charge in [-0.1, -0.05) is 6.92 Å². The van der Waals surface area contributed by atoms with E-state index in [9.17, 15) is 31.2 Å². The van der Waals surface area contributed by atoms with Gasteiger partial charge in [-0.05, 0) is 55.9 Å². The number of aromatic nitrogens is 1. The monoisotopic (exact) mass is 524 g/mol. The summed E-state index contributed by atoms with van der Waals surface area (Å²) in [5.41, 5.74) is -0.479. The lowest BCUT2D eigenvalue weighted by Crippen LogP contribution is -2.33. The normalized spacial score (nSPS) is 19.9. The molecule has 0 saturated carbocycles. The quantitative estimate of drug-likeness (QED) is 0.491. The summed E-state index contributed by atoms with van der Waals surface area (Å²) in [6.07, 6.45) is -0.965. The first-order valence-electron chi connectivity index (χ1n) is 11.5. The average Bonchev–Trinajstić information content (AvgIpc) is 3.00. The van der Waals surface area contributed by atoms with E-state index < -0.39 is 45.4 Å². The Balaban J connectivity index is 1.64. The van der Waals surface area contributed by atoms with Gasteiger partial charge in [0.2, 0.25) is 11.8 Å². The molecule has 11 heteroatoms. The molecule has 0 atom stereocenters. The Kier molecular flexibility index (Phi) is 6.65. The number of carbonyl (C=O) groups excluding carboxylic acids is 2. The highest BCUT2D eigenvalue weighted by Crippen LogP contribution is 2.47. The molecule has 7 nitrogen and oxygen atoms in total. The molecule has 2 aromatic rings. The van der Waals surface area contributed by atoms with Crippen LogP contribution in [0.25, 0.3) is 0 Å².